The first-order chi connectivity index (χ1) is 12.4. The van der Waals surface area contributed by atoms with Crippen LogP contribution in [-0.4, -0.2) is 15.7 Å². The molecule has 0 radical (unpaired) electrons. The molecule has 134 valence electrons. The largest absolute Gasteiger partial charge is 0.369 e. The van der Waals surface area contributed by atoms with E-state index in [1.807, 2.05) is 54.9 Å². The Morgan fingerprint density at radius 1 is 1.15 bits per heavy atom. The van der Waals surface area contributed by atoms with Gasteiger partial charge in [-0.25, -0.2) is 4.68 Å². The van der Waals surface area contributed by atoms with Crippen molar-refractivity contribution in [2.75, 3.05) is 0 Å². The van der Waals surface area contributed by atoms with E-state index in [-0.39, 0.29) is 0 Å². The molecule has 2 N–H and O–H groups in total. The second-order valence-corrected chi connectivity index (χ2v) is 7.07. The molecule has 26 heavy (non-hydrogen) atoms. The average molecular weight is 388 g/mol. The molecule has 0 saturated heterocycles. The number of halogens is 2. The Labute approximate surface area is 162 Å². The highest BCUT2D eigenvalue weighted by molar-refractivity contribution is 6.35. The van der Waals surface area contributed by atoms with Crippen LogP contribution in [0.1, 0.15) is 28.4 Å². The molecule has 0 spiro atoms. The molecule has 0 saturated carbocycles. The van der Waals surface area contributed by atoms with E-state index < -0.39 is 11.8 Å². The molecular weight excluding hydrogens is 369 g/mol. The Hall–Kier alpha value is -2.30. The third-order valence-electron chi connectivity index (χ3n) is 4.48. The van der Waals surface area contributed by atoms with Crippen molar-refractivity contribution in [2.45, 2.75) is 26.2 Å². The van der Waals surface area contributed by atoms with Gasteiger partial charge in [0, 0.05) is 21.3 Å². The molecule has 0 aliphatic heterocycles. The van der Waals surface area contributed by atoms with Crippen molar-refractivity contribution in [2.24, 2.45) is 5.73 Å². The summed E-state index contributed by atoms with van der Waals surface area (Å²) in [7, 11) is 0. The zero-order valence-corrected chi connectivity index (χ0v) is 16.1. The van der Waals surface area contributed by atoms with Gasteiger partial charge in [-0.1, -0.05) is 47.5 Å². The monoisotopic (exact) mass is 387 g/mol. The fourth-order valence-corrected chi connectivity index (χ4v) is 3.72. The van der Waals surface area contributed by atoms with Crippen molar-refractivity contribution in [1.29, 1.82) is 0 Å². The number of aryl methyl sites for hydroxylation is 1. The first-order valence-electron chi connectivity index (χ1n) is 8.23. The van der Waals surface area contributed by atoms with Crippen LogP contribution in [0.15, 0.2) is 48.5 Å². The molecule has 1 aromatic heterocycles. The number of hydrogen-bond acceptors (Lipinski definition) is 2. The zero-order chi connectivity index (χ0) is 18.8. The van der Waals surface area contributed by atoms with Gasteiger partial charge in [-0.2, -0.15) is 5.10 Å². The van der Waals surface area contributed by atoms with Crippen molar-refractivity contribution in [3.05, 3.63) is 81.1 Å². The predicted molar refractivity (Wildman–Crippen MR) is 105 cm³/mol. The second kappa shape index (κ2) is 7.52. The number of benzene rings is 2. The van der Waals surface area contributed by atoms with Crippen molar-refractivity contribution >= 4 is 29.1 Å². The van der Waals surface area contributed by atoms with E-state index in [1.54, 1.807) is 12.1 Å². The maximum Gasteiger partial charge on any atom is 0.225 e. The minimum absolute atomic E-state index is 0.396. The number of rotatable bonds is 5. The van der Waals surface area contributed by atoms with Crippen molar-refractivity contribution in [1.82, 2.24) is 9.78 Å². The van der Waals surface area contributed by atoms with Crippen molar-refractivity contribution < 1.29 is 4.79 Å². The molecule has 6 heteroatoms. The minimum Gasteiger partial charge on any atom is -0.369 e. The summed E-state index contributed by atoms with van der Waals surface area (Å²) >= 11 is 12.3. The number of nitrogens with zero attached hydrogens (tertiary/aromatic N) is 2. The van der Waals surface area contributed by atoms with E-state index in [9.17, 15) is 4.79 Å². The van der Waals surface area contributed by atoms with Crippen LogP contribution in [0.2, 0.25) is 10.0 Å². The summed E-state index contributed by atoms with van der Waals surface area (Å²) in [4.78, 5) is 12.2. The van der Waals surface area contributed by atoms with Gasteiger partial charge in [-0.3, -0.25) is 4.79 Å². The lowest BCUT2D eigenvalue weighted by molar-refractivity contribution is -0.119. The SMILES string of the molecule is Cc1nn(-c2ccccc2)c(C)c1C(Cc1ccc(Cl)cc1Cl)C(N)=O. The van der Waals surface area contributed by atoms with Crippen LogP contribution in [0, 0.1) is 13.8 Å². The molecule has 2 aromatic carbocycles. The third kappa shape index (κ3) is 3.62. The fraction of sp³-hybridized carbons (Fsp3) is 0.200. The van der Waals surface area contributed by atoms with Gasteiger partial charge in [0.2, 0.25) is 5.91 Å². The van der Waals surface area contributed by atoms with Crippen LogP contribution in [0.25, 0.3) is 5.69 Å². The quantitative estimate of drug-likeness (QED) is 0.694. The maximum absolute atomic E-state index is 12.2. The normalized spacial score (nSPS) is 12.2. The lowest BCUT2D eigenvalue weighted by Crippen LogP contribution is -2.24. The molecule has 1 amide bonds. The first-order valence-corrected chi connectivity index (χ1v) is 8.99. The molecule has 0 fully saturated rings. The van der Waals surface area contributed by atoms with Crippen LogP contribution in [0.3, 0.4) is 0 Å². The van der Waals surface area contributed by atoms with E-state index >= 15 is 0 Å². The molecule has 0 aliphatic carbocycles. The molecule has 1 heterocycles. The lowest BCUT2D eigenvalue weighted by atomic mass is 9.90. The summed E-state index contributed by atoms with van der Waals surface area (Å²) in [5, 5.41) is 5.69. The summed E-state index contributed by atoms with van der Waals surface area (Å²) in [5.41, 5.74) is 10.0. The molecule has 1 atom stereocenters. The number of carbonyl (C=O) groups is 1. The summed E-state index contributed by atoms with van der Waals surface area (Å²) in [6.45, 7) is 3.84. The van der Waals surface area contributed by atoms with Crippen molar-refractivity contribution in [3.8, 4) is 5.69 Å². The van der Waals surface area contributed by atoms with Crippen LogP contribution in [-0.2, 0) is 11.2 Å². The lowest BCUT2D eigenvalue weighted by Gasteiger charge is -2.16. The molecular formula is C20H19Cl2N3O. The third-order valence-corrected chi connectivity index (χ3v) is 5.07. The molecule has 3 rings (SSSR count). The highest BCUT2D eigenvalue weighted by Gasteiger charge is 2.27. The number of aromatic nitrogens is 2. The van der Waals surface area contributed by atoms with Crippen molar-refractivity contribution in [3.63, 3.8) is 0 Å². The van der Waals surface area contributed by atoms with Gasteiger partial charge in [0.25, 0.3) is 0 Å². The number of hydrogen-bond donors (Lipinski definition) is 1. The van der Waals surface area contributed by atoms with Gasteiger partial charge in [-0.05, 0) is 50.1 Å². The molecule has 0 bridgehead atoms. The summed E-state index contributed by atoms with van der Waals surface area (Å²) in [5.74, 6) is -0.930. The van der Waals surface area contributed by atoms with Crippen LogP contribution in [0.5, 0.6) is 0 Å². The van der Waals surface area contributed by atoms with Gasteiger partial charge < -0.3 is 5.73 Å². The van der Waals surface area contributed by atoms with Crippen LogP contribution >= 0.6 is 23.2 Å². The summed E-state index contributed by atoms with van der Waals surface area (Å²) < 4.78 is 1.84. The Bertz CT molecular complexity index is 951. The van der Waals surface area contributed by atoms with Gasteiger partial charge in [0.05, 0.1) is 17.3 Å². The molecule has 4 nitrogen and oxygen atoms in total. The van der Waals surface area contributed by atoms with Crippen LogP contribution < -0.4 is 5.73 Å². The Morgan fingerprint density at radius 2 is 1.85 bits per heavy atom. The van der Waals surface area contributed by atoms with Crippen LogP contribution in [0.4, 0.5) is 0 Å². The number of para-hydroxylation sites is 1. The topological polar surface area (TPSA) is 60.9 Å². The van der Waals surface area contributed by atoms with E-state index in [0.717, 1.165) is 28.2 Å². The maximum atomic E-state index is 12.2. The minimum atomic E-state index is -0.522. The van der Waals surface area contributed by atoms with Gasteiger partial charge in [0.15, 0.2) is 0 Å². The van der Waals surface area contributed by atoms with E-state index in [4.69, 9.17) is 28.9 Å². The average Bonchev–Trinajstić information content (AvgIpc) is 2.89. The Kier molecular flexibility index (Phi) is 5.35. The zero-order valence-electron chi connectivity index (χ0n) is 14.5. The fourth-order valence-electron chi connectivity index (χ4n) is 3.23. The van der Waals surface area contributed by atoms with Gasteiger partial charge >= 0.3 is 0 Å². The molecule has 1 unspecified atom stereocenters. The highest BCUT2D eigenvalue weighted by atomic mass is 35.5. The molecule has 3 aromatic rings. The number of nitrogens with two attached hydrogens (primary N) is 1. The molecule has 0 aliphatic rings. The highest BCUT2D eigenvalue weighted by Crippen LogP contribution is 2.31. The summed E-state index contributed by atoms with van der Waals surface area (Å²) in [6, 6.07) is 15.0. The van der Waals surface area contributed by atoms with E-state index in [0.29, 0.717) is 16.5 Å². The number of carbonyl (C=O) groups excluding carboxylic acids is 1. The number of primary amides is 1. The van der Waals surface area contributed by atoms with Gasteiger partial charge in [0.1, 0.15) is 0 Å². The second-order valence-electron chi connectivity index (χ2n) is 6.23. The smallest absolute Gasteiger partial charge is 0.225 e. The Morgan fingerprint density at radius 3 is 2.46 bits per heavy atom. The standard InChI is InChI=1S/C20H19Cl2N3O/c1-12-19(13(2)25(24-12)16-6-4-3-5-7-16)17(20(23)26)10-14-8-9-15(21)11-18(14)22/h3-9,11,17H,10H2,1-2H3,(H2,23,26). The Balaban J connectivity index is 2.04. The number of amides is 1. The van der Waals surface area contributed by atoms with E-state index in [2.05, 4.69) is 5.10 Å². The van der Waals surface area contributed by atoms with E-state index in [1.165, 1.54) is 0 Å². The predicted octanol–water partition coefficient (Wildman–Crippen LogP) is 4.61. The van der Waals surface area contributed by atoms with Gasteiger partial charge in [-0.15, -0.1) is 0 Å². The summed E-state index contributed by atoms with van der Waals surface area (Å²) in [6.07, 6.45) is 0.396. The first kappa shape index (κ1) is 18.5.